The van der Waals surface area contributed by atoms with Gasteiger partial charge in [-0.3, -0.25) is 4.79 Å². The van der Waals surface area contributed by atoms with Crippen molar-refractivity contribution in [1.29, 1.82) is 0 Å². The summed E-state index contributed by atoms with van der Waals surface area (Å²) in [4.78, 5) is 18.5. The zero-order valence-corrected chi connectivity index (χ0v) is 14.0. The summed E-state index contributed by atoms with van der Waals surface area (Å²) in [6.07, 6.45) is 1.06. The van der Waals surface area contributed by atoms with Crippen LogP contribution >= 0.6 is 11.3 Å². The van der Waals surface area contributed by atoms with Gasteiger partial charge in [-0.05, 0) is 13.8 Å². The van der Waals surface area contributed by atoms with E-state index in [0.717, 1.165) is 19.3 Å². The van der Waals surface area contributed by atoms with Crippen molar-refractivity contribution in [1.82, 2.24) is 15.0 Å². The van der Waals surface area contributed by atoms with Crippen molar-refractivity contribution in [3.8, 4) is 0 Å². The number of carbonyl (C=O) groups is 1. The van der Waals surface area contributed by atoms with Crippen molar-refractivity contribution in [2.45, 2.75) is 13.8 Å². The fourth-order valence-electron chi connectivity index (χ4n) is 1.61. The second kappa shape index (κ2) is 7.57. The normalized spacial score (nSPS) is 11.4. The Morgan fingerprint density at radius 2 is 1.95 bits per heavy atom. The summed E-state index contributed by atoms with van der Waals surface area (Å²) in [6, 6.07) is 0. The molecule has 1 aromatic rings. The number of rotatable bonds is 8. The number of nitrogen functional groups attached to an aromatic ring is 1. The lowest BCUT2D eigenvalue weighted by Gasteiger charge is -2.16. The van der Waals surface area contributed by atoms with Crippen molar-refractivity contribution in [2.24, 2.45) is 0 Å². The third-order valence-electron chi connectivity index (χ3n) is 2.66. The van der Waals surface area contributed by atoms with Crippen LogP contribution in [0.5, 0.6) is 0 Å². The highest BCUT2D eigenvalue weighted by molar-refractivity contribution is 7.88. The molecule has 0 fully saturated rings. The van der Waals surface area contributed by atoms with Gasteiger partial charge in [0.15, 0.2) is 5.13 Å². The highest BCUT2D eigenvalue weighted by Crippen LogP contribution is 2.27. The molecule has 1 rings (SSSR count). The van der Waals surface area contributed by atoms with E-state index in [4.69, 9.17) is 5.73 Å². The zero-order chi connectivity index (χ0) is 16.0. The minimum Gasteiger partial charge on any atom is -0.382 e. The summed E-state index contributed by atoms with van der Waals surface area (Å²) in [5, 5.41) is 3.31. The van der Waals surface area contributed by atoms with Crippen LogP contribution in [0, 0.1) is 0 Å². The van der Waals surface area contributed by atoms with Gasteiger partial charge < -0.3 is 16.0 Å². The Balaban J connectivity index is 2.62. The van der Waals surface area contributed by atoms with E-state index in [9.17, 15) is 13.2 Å². The zero-order valence-electron chi connectivity index (χ0n) is 12.3. The van der Waals surface area contributed by atoms with Crippen LogP contribution < -0.4 is 20.7 Å². The minimum absolute atomic E-state index is 0.131. The maximum Gasteiger partial charge on any atom is 0.265 e. The van der Waals surface area contributed by atoms with Gasteiger partial charge in [-0.25, -0.2) is 18.1 Å². The lowest BCUT2D eigenvalue weighted by Crippen LogP contribution is -2.34. The summed E-state index contributed by atoms with van der Waals surface area (Å²) in [5.41, 5.74) is 5.76. The molecular weight excluding hydrogens is 314 g/mol. The van der Waals surface area contributed by atoms with Crippen LogP contribution in [0.1, 0.15) is 23.5 Å². The molecule has 120 valence electrons. The fourth-order valence-corrected chi connectivity index (χ4v) is 3.11. The van der Waals surface area contributed by atoms with E-state index in [1.54, 1.807) is 0 Å². The average Bonchev–Trinajstić information content (AvgIpc) is 2.77. The van der Waals surface area contributed by atoms with E-state index < -0.39 is 10.0 Å². The lowest BCUT2D eigenvalue weighted by atomic mass is 10.4. The highest BCUT2D eigenvalue weighted by atomic mass is 32.2. The molecule has 4 N–H and O–H groups in total. The van der Waals surface area contributed by atoms with E-state index in [0.29, 0.717) is 10.0 Å². The number of amides is 1. The molecule has 0 aliphatic heterocycles. The van der Waals surface area contributed by atoms with E-state index >= 15 is 0 Å². The van der Waals surface area contributed by atoms with E-state index in [-0.39, 0.29) is 24.8 Å². The highest BCUT2D eigenvalue weighted by Gasteiger charge is 2.18. The van der Waals surface area contributed by atoms with Crippen LogP contribution in [0.25, 0.3) is 0 Å². The number of nitrogens with one attached hydrogen (secondary N) is 2. The van der Waals surface area contributed by atoms with Gasteiger partial charge >= 0.3 is 0 Å². The van der Waals surface area contributed by atoms with Gasteiger partial charge in [0.25, 0.3) is 5.91 Å². The van der Waals surface area contributed by atoms with E-state index in [1.807, 2.05) is 18.7 Å². The third kappa shape index (κ3) is 5.48. The third-order valence-corrected chi connectivity index (χ3v) is 4.52. The number of thiazole rings is 1. The summed E-state index contributed by atoms with van der Waals surface area (Å²) in [7, 11) is -3.25. The molecule has 0 aliphatic carbocycles. The maximum atomic E-state index is 12.0. The fraction of sp³-hybridized carbons (Fsp3) is 0.636. The maximum absolute atomic E-state index is 12.0. The van der Waals surface area contributed by atoms with Gasteiger partial charge in [-0.15, -0.1) is 0 Å². The molecule has 0 aromatic carbocycles. The number of nitrogens with zero attached hydrogens (tertiary/aromatic N) is 2. The molecule has 10 heteroatoms. The molecule has 0 bridgehead atoms. The molecule has 0 atom stereocenters. The summed E-state index contributed by atoms with van der Waals surface area (Å²) < 4.78 is 24.1. The minimum atomic E-state index is -3.25. The van der Waals surface area contributed by atoms with Crippen molar-refractivity contribution in [2.75, 3.05) is 43.1 Å². The van der Waals surface area contributed by atoms with Crippen LogP contribution in [-0.4, -0.2) is 51.7 Å². The molecule has 0 radical (unpaired) electrons. The molecule has 0 unspecified atom stereocenters. The predicted octanol–water partition coefficient (Wildman–Crippen LogP) is -0.149. The monoisotopic (exact) mass is 335 g/mol. The first-order valence-corrected chi connectivity index (χ1v) is 9.23. The second-order valence-corrected chi connectivity index (χ2v) is 7.12. The number of sulfonamides is 1. The van der Waals surface area contributed by atoms with Crippen LogP contribution in [0.2, 0.25) is 0 Å². The van der Waals surface area contributed by atoms with Crippen molar-refractivity contribution in [3.05, 3.63) is 4.88 Å². The van der Waals surface area contributed by atoms with Crippen molar-refractivity contribution >= 4 is 38.2 Å². The first-order valence-electron chi connectivity index (χ1n) is 6.52. The molecule has 1 heterocycles. The molecule has 0 aliphatic rings. The number of aromatic nitrogens is 1. The topological polar surface area (TPSA) is 117 Å². The average molecular weight is 335 g/mol. The first-order chi connectivity index (χ1) is 9.78. The number of anilines is 2. The summed E-state index contributed by atoms with van der Waals surface area (Å²) in [5.74, 6) is -0.158. The molecule has 21 heavy (non-hydrogen) atoms. The quantitative estimate of drug-likeness (QED) is 0.569. The molecule has 0 saturated carbocycles. The Bertz CT molecular complexity index is 581. The summed E-state index contributed by atoms with van der Waals surface area (Å²) in [6.45, 7) is 5.87. The molecule has 1 amide bonds. The van der Waals surface area contributed by atoms with Gasteiger partial charge in [-0.1, -0.05) is 11.3 Å². The Morgan fingerprint density at radius 1 is 1.33 bits per heavy atom. The Hall–Kier alpha value is -1.39. The number of hydrogen-bond acceptors (Lipinski definition) is 7. The number of nitrogens with two attached hydrogens (primary N) is 1. The first kappa shape index (κ1) is 17.7. The molecule has 0 spiro atoms. The SMILES string of the molecule is CCN(CC)c1nc(N)c(C(=O)NCCNS(C)(=O)=O)s1. The standard InChI is InChI=1S/C11H21N5O3S2/c1-4-16(5-2)11-15-9(12)8(20-11)10(17)13-6-7-14-21(3,18)19/h14H,4-7,12H2,1-3H3,(H,13,17). The molecule has 0 saturated heterocycles. The van der Waals surface area contributed by atoms with E-state index in [1.165, 1.54) is 11.3 Å². The van der Waals surface area contributed by atoms with Crippen LogP contribution in [0.15, 0.2) is 0 Å². The predicted molar refractivity (Wildman–Crippen MR) is 85.3 cm³/mol. The Morgan fingerprint density at radius 3 is 2.48 bits per heavy atom. The molecule has 8 nitrogen and oxygen atoms in total. The molecule has 1 aromatic heterocycles. The lowest BCUT2D eigenvalue weighted by molar-refractivity contribution is 0.0959. The smallest absolute Gasteiger partial charge is 0.265 e. The van der Waals surface area contributed by atoms with Crippen LogP contribution in [-0.2, 0) is 10.0 Å². The van der Waals surface area contributed by atoms with Crippen LogP contribution in [0.4, 0.5) is 10.9 Å². The summed E-state index contributed by atoms with van der Waals surface area (Å²) >= 11 is 1.23. The number of hydrogen-bond donors (Lipinski definition) is 3. The number of carbonyl (C=O) groups excluding carboxylic acids is 1. The van der Waals surface area contributed by atoms with Gasteiger partial charge in [0.1, 0.15) is 10.7 Å². The Kier molecular flexibility index (Phi) is 6.37. The van der Waals surface area contributed by atoms with Crippen molar-refractivity contribution in [3.63, 3.8) is 0 Å². The van der Waals surface area contributed by atoms with Crippen molar-refractivity contribution < 1.29 is 13.2 Å². The van der Waals surface area contributed by atoms with Gasteiger partial charge in [-0.2, -0.15) is 0 Å². The van der Waals surface area contributed by atoms with Gasteiger partial charge in [0, 0.05) is 26.2 Å². The molecular formula is C11H21N5O3S2. The van der Waals surface area contributed by atoms with Gasteiger partial charge in [0.2, 0.25) is 10.0 Å². The second-order valence-electron chi connectivity index (χ2n) is 4.31. The van der Waals surface area contributed by atoms with Gasteiger partial charge in [0.05, 0.1) is 6.26 Å². The van der Waals surface area contributed by atoms with Crippen LogP contribution in [0.3, 0.4) is 0 Å². The Labute approximate surface area is 128 Å². The largest absolute Gasteiger partial charge is 0.382 e. The van der Waals surface area contributed by atoms with E-state index in [2.05, 4.69) is 15.0 Å².